The summed E-state index contributed by atoms with van der Waals surface area (Å²) in [5, 5.41) is 17.0. The first-order valence-electron chi connectivity index (χ1n) is 6.80. The molecule has 0 atom stereocenters. The molecule has 1 N–H and O–H groups in total. The Morgan fingerprint density at radius 3 is 2.71 bits per heavy atom. The van der Waals surface area contributed by atoms with Gasteiger partial charge in [-0.25, -0.2) is 13.8 Å². The number of thiazole rings is 1. The average molecular weight is 343 g/mol. The topological polar surface area (TPSA) is 66.5 Å². The number of halogens is 2. The highest BCUT2D eigenvalue weighted by atomic mass is 32.1. The number of anilines is 1. The number of aromatic nitrogens is 3. The highest BCUT2D eigenvalue weighted by Crippen LogP contribution is 2.31. The molecule has 0 saturated carbocycles. The van der Waals surface area contributed by atoms with Crippen molar-refractivity contribution in [1.29, 1.82) is 5.26 Å². The Balaban J connectivity index is 1.85. The lowest BCUT2D eigenvalue weighted by molar-refractivity contribution is 0.577. The summed E-state index contributed by atoms with van der Waals surface area (Å²) in [4.78, 5) is 4.24. The fraction of sp³-hybridized carbons (Fsp3) is 0.0625. The second kappa shape index (κ2) is 6.22. The minimum Gasteiger partial charge on any atom is -0.346 e. The van der Waals surface area contributed by atoms with Crippen molar-refractivity contribution in [3.05, 3.63) is 59.9 Å². The summed E-state index contributed by atoms with van der Waals surface area (Å²) in [5.41, 5.74) is 0.852. The largest absolute Gasteiger partial charge is 0.346 e. The molecule has 3 rings (SSSR count). The molecule has 0 aliphatic carbocycles. The maximum absolute atomic E-state index is 13.8. The molecule has 2 heterocycles. The molecule has 3 aromatic rings. The molecule has 0 aliphatic rings. The number of nitriles is 1. The first-order chi connectivity index (χ1) is 11.5. The predicted octanol–water partition coefficient (Wildman–Crippen LogP) is 3.78. The molecule has 1 aromatic carbocycles. The Morgan fingerprint density at radius 1 is 1.38 bits per heavy atom. The van der Waals surface area contributed by atoms with Crippen molar-refractivity contribution in [3.8, 4) is 16.8 Å². The molecule has 0 amide bonds. The molecule has 0 unspecified atom stereocenters. The summed E-state index contributed by atoms with van der Waals surface area (Å²) >= 11 is 1.26. The molecule has 0 fully saturated rings. The van der Waals surface area contributed by atoms with E-state index in [1.165, 1.54) is 35.7 Å². The van der Waals surface area contributed by atoms with E-state index < -0.39 is 11.6 Å². The number of nitrogens with one attached hydrogen (secondary N) is 1. The van der Waals surface area contributed by atoms with Crippen LogP contribution < -0.4 is 5.32 Å². The Labute approximate surface area is 140 Å². The lowest BCUT2D eigenvalue weighted by Gasteiger charge is -2.09. The molecule has 8 heteroatoms. The third kappa shape index (κ3) is 2.89. The average Bonchev–Trinajstić information content (AvgIpc) is 3.13. The second-order valence-corrected chi connectivity index (χ2v) is 5.91. The highest BCUT2D eigenvalue weighted by Gasteiger charge is 2.15. The van der Waals surface area contributed by atoms with Crippen LogP contribution >= 0.6 is 11.3 Å². The minimum atomic E-state index is -0.692. The van der Waals surface area contributed by atoms with Gasteiger partial charge in [-0.15, -0.1) is 0 Å². The zero-order valence-electron chi connectivity index (χ0n) is 12.5. The van der Waals surface area contributed by atoms with E-state index in [4.69, 9.17) is 5.26 Å². The molecule has 24 heavy (non-hydrogen) atoms. The maximum atomic E-state index is 13.8. The van der Waals surface area contributed by atoms with Crippen LogP contribution in [0.15, 0.2) is 37.0 Å². The quantitative estimate of drug-likeness (QED) is 0.783. The van der Waals surface area contributed by atoms with Crippen LogP contribution in [0.1, 0.15) is 11.3 Å². The molecule has 0 saturated heterocycles. The van der Waals surface area contributed by atoms with Crippen LogP contribution in [0.25, 0.3) is 16.4 Å². The van der Waals surface area contributed by atoms with E-state index in [-0.39, 0.29) is 17.0 Å². The van der Waals surface area contributed by atoms with Gasteiger partial charge in [-0.3, -0.25) is 4.68 Å². The Kier molecular flexibility index (Phi) is 4.10. The number of hydrogen-bond acceptors (Lipinski definition) is 5. The zero-order chi connectivity index (χ0) is 17.3. The van der Waals surface area contributed by atoms with Gasteiger partial charge in [0, 0.05) is 18.8 Å². The Bertz CT molecular complexity index is 947. The number of nitrogens with zero attached hydrogens (tertiary/aromatic N) is 4. The highest BCUT2D eigenvalue weighted by molar-refractivity contribution is 7.19. The van der Waals surface area contributed by atoms with E-state index in [2.05, 4.69) is 22.0 Å². The van der Waals surface area contributed by atoms with Crippen LogP contribution in [0, 0.1) is 23.0 Å². The van der Waals surface area contributed by atoms with Crippen molar-refractivity contribution >= 4 is 22.0 Å². The van der Waals surface area contributed by atoms with Crippen LogP contribution in [0.4, 0.5) is 13.8 Å². The van der Waals surface area contributed by atoms with E-state index in [9.17, 15) is 8.78 Å². The van der Waals surface area contributed by atoms with E-state index in [1.807, 2.05) is 6.07 Å². The monoisotopic (exact) mass is 343 g/mol. The first-order valence-corrected chi connectivity index (χ1v) is 7.62. The summed E-state index contributed by atoms with van der Waals surface area (Å²) < 4.78 is 29.1. The van der Waals surface area contributed by atoms with Gasteiger partial charge < -0.3 is 5.32 Å². The lowest BCUT2D eigenvalue weighted by Crippen LogP contribution is -2.01. The zero-order valence-corrected chi connectivity index (χ0v) is 13.4. The van der Waals surface area contributed by atoms with Crippen molar-refractivity contribution in [1.82, 2.24) is 14.8 Å². The van der Waals surface area contributed by atoms with Crippen LogP contribution in [-0.4, -0.2) is 14.8 Å². The summed E-state index contributed by atoms with van der Waals surface area (Å²) in [5.74, 6) is -1.38. The van der Waals surface area contributed by atoms with E-state index in [0.29, 0.717) is 15.7 Å². The molecule has 5 nitrogen and oxygen atoms in total. The van der Waals surface area contributed by atoms with Crippen molar-refractivity contribution < 1.29 is 8.78 Å². The van der Waals surface area contributed by atoms with Gasteiger partial charge in [0.25, 0.3) is 0 Å². The van der Waals surface area contributed by atoms with Crippen LogP contribution in [0.5, 0.6) is 0 Å². The molecule has 0 bridgehead atoms. The third-order valence-corrected chi connectivity index (χ3v) is 4.19. The summed E-state index contributed by atoms with van der Waals surface area (Å²) in [7, 11) is 1.71. The first kappa shape index (κ1) is 15.8. The molecule has 120 valence electrons. The molecular weight excluding hydrogens is 332 g/mol. The minimum absolute atomic E-state index is 0.100. The summed E-state index contributed by atoms with van der Waals surface area (Å²) in [6.07, 6.45) is 1.53. The van der Waals surface area contributed by atoms with Crippen molar-refractivity contribution in [2.45, 2.75) is 0 Å². The Hall–Kier alpha value is -3.05. The standard InChI is InChI=1S/C16H11F2N5S/c1-9(15-11(17)4-3-5-12(15)18)21-14-8-20-16(24-14)13-6-10(7-19)22-23(13)2/h3-6,8,21H,1H2,2H3. The number of hydrogen-bond donors (Lipinski definition) is 1. The third-order valence-electron chi connectivity index (χ3n) is 3.26. The SMILES string of the molecule is C=C(Nc1cnc(-c2cc(C#N)nn2C)s1)c1c(F)cccc1F. The fourth-order valence-electron chi connectivity index (χ4n) is 2.17. The fourth-order valence-corrected chi connectivity index (χ4v) is 3.06. The molecule has 0 spiro atoms. The lowest BCUT2D eigenvalue weighted by atomic mass is 10.1. The Morgan fingerprint density at radius 2 is 2.08 bits per heavy atom. The van der Waals surface area contributed by atoms with E-state index in [0.717, 1.165) is 0 Å². The van der Waals surface area contributed by atoms with Crippen LogP contribution in [0.3, 0.4) is 0 Å². The van der Waals surface area contributed by atoms with Gasteiger partial charge in [0.2, 0.25) is 0 Å². The molecule has 2 aromatic heterocycles. The second-order valence-electron chi connectivity index (χ2n) is 4.88. The molecular formula is C16H11F2N5S. The van der Waals surface area contributed by atoms with Gasteiger partial charge in [-0.1, -0.05) is 24.0 Å². The van der Waals surface area contributed by atoms with Crippen molar-refractivity contribution in [2.24, 2.45) is 7.05 Å². The number of rotatable bonds is 4. The predicted molar refractivity (Wildman–Crippen MR) is 88.0 cm³/mol. The summed E-state index contributed by atoms with van der Waals surface area (Å²) in [6.45, 7) is 3.69. The van der Waals surface area contributed by atoms with Gasteiger partial charge in [-0.05, 0) is 12.1 Å². The van der Waals surface area contributed by atoms with Gasteiger partial charge in [0.15, 0.2) is 5.69 Å². The van der Waals surface area contributed by atoms with Crippen LogP contribution in [0.2, 0.25) is 0 Å². The molecule has 0 radical (unpaired) electrons. The summed E-state index contributed by atoms with van der Waals surface area (Å²) in [6, 6.07) is 7.21. The van der Waals surface area contributed by atoms with Gasteiger partial charge in [0.05, 0.1) is 17.5 Å². The van der Waals surface area contributed by atoms with Crippen molar-refractivity contribution in [3.63, 3.8) is 0 Å². The van der Waals surface area contributed by atoms with Gasteiger partial charge >= 0.3 is 0 Å². The van der Waals surface area contributed by atoms with E-state index >= 15 is 0 Å². The van der Waals surface area contributed by atoms with E-state index in [1.54, 1.807) is 17.8 Å². The maximum Gasteiger partial charge on any atom is 0.163 e. The van der Waals surface area contributed by atoms with Gasteiger partial charge in [-0.2, -0.15) is 10.4 Å². The molecule has 0 aliphatic heterocycles. The van der Waals surface area contributed by atoms with Crippen LogP contribution in [-0.2, 0) is 7.05 Å². The number of aryl methyl sites for hydroxylation is 1. The van der Waals surface area contributed by atoms with Gasteiger partial charge in [0.1, 0.15) is 27.7 Å². The van der Waals surface area contributed by atoms with Crippen molar-refractivity contribution in [2.75, 3.05) is 5.32 Å². The number of benzene rings is 1. The normalized spacial score (nSPS) is 10.4. The smallest absolute Gasteiger partial charge is 0.163 e.